The Hall–Kier alpha value is -4.79. The second-order valence-corrected chi connectivity index (χ2v) is 10.8. The molecule has 2 aromatic heterocycles. The number of rotatable bonds is 3. The molecule has 2 heterocycles. The summed E-state index contributed by atoms with van der Waals surface area (Å²) in [6.45, 7) is 2.15. The number of hydrogen-bond acceptors (Lipinski definition) is 1. The van der Waals surface area contributed by atoms with Gasteiger partial charge in [-0.1, -0.05) is 108 Å². The average molecular weight is 534 g/mol. The predicted molar refractivity (Wildman–Crippen MR) is 169 cm³/mol. The first-order chi connectivity index (χ1) is 19.7. The number of hydrogen-bond donors (Lipinski definition) is 0. The maximum Gasteiger partial charge on any atom is 0.143 e. The summed E-state index contributed by atoms with van der Waals surface area (Å²) >= 11 is 6.56. The van der Waals surface area contributed by atoms with Crippen LogP contribution in [0.1, 0.15) is 5.56 Å². The third-order valence-corrected chi connectivity index (χ3v) is 8.18. The van der Waals surface area contributed by atoms with Gasteiger partial charge in [-0.3, -0.25) is 0 Å². The van der Waals surface area contributed by atoms with Crippen molar-refractivity contribution in [3.8, 4) is 27.9 Å². The minimum atomic E-state index is 0.724. The Morgan fingerprint density at radius 1 is 0.525 bits per heavy atom. The van der Waals surface area contributed by atoms with Crippen LogP contribution in [0.5, 0.6) is 0 Å². The largest absolute Gasteiger partial charge is 0.455 e. The van der Waals surface area contributed by atoms with Crippen LogP contribution in [-0.4, -0.2) is 4.57 Å². The molecule has 0 radical (unpaired) electrons. The zero-order chi connectivity index (χ0) is 26.8. The van der Waals surface area contributed by atoms with Crippen LogP contribution in [0.4, 0.5) is 0 Å². The Morgan fingerprint density at radius 3 is 2.08 bits per heavy atom. The molecule has 0 amide bonds. The Balaban J connectivity index is 1.45. The predicted octanol–water partition coefficient (Wildman–Crippen LogP) is 11.0. The van der Waals surface area contributed by atoms with Crippen LogP contribution >= 0.6 is 11.6 Å². The monoisotopic (exact) mass is 533 g/mol. The van der Waals surface area contributed by atoms with Gasteiger partial charge in [-0.15, -0.1) is 0 Å². The molecule has 8 aromatic rings. The lowest BCUT2D eigenvalue weighted by atomic mass is 9.91. The highest BCUT2D eigenvalue weighted by molar-refractivity contribution is 6.31. The van der Waals surface area contributed by atoms with Gasteiger partial charge in [0.05, 0.1) is 16.7 Å². The fourth-order valence-corrected chi connectivity index (χ4v) is 6.34. The molecule has 2 nitrogen and oxygen atoms in total. The summed E-state index contributed by atoms with van der Waals surface area (Å²) in [4.78, 5) is 0. The maximum atomic E-state index is 6.56. The molecule has 0 fully saturated rings. The molecule has 0 N–H and O–H groups in total. The zero-order valence-electron chi connectivity index (χ0n) is 21.9. The average Bonchev–Trinajstić information content (AvgIpc) is 3.53. The van der Waals surface area contributed by atoms with Crippen LogP contribution in [0.3, 0.4) is 0 Å². The number of aryl methyl sites for hydroxylation is 1. The van der Waals surface area contributed by atoms with E-state index in [4.69, 9.17) is 16.0 Å². The summed E-state index contributed by atoms with van der Waals surface area (Å²) in [5.74, 6) is 0. The molecule has 0 unspecified atom stereocenters. The second kappa shape index (κ2) is 8.87. The van der Waals surface area contributed by atoms with E-state index in [1.54, 1.807) is 0 Å². The van der Waals surface area contributed by atoms with Crippen LogP contribution in [-0.2, 0) is 0 Å². The van der Waals surface area contributed by atoms with Crippen molar-refractivity contribution in [1.82, 2.24) is 4.57 Å². The fraction of sp³-hybridized carbons (Fsp3) is 0.0270. The molecule has 0 saturated heterocycles. The zero-order valence-corrected chi connectivity index (χ0v) is 22.6. The number of fused-ring (bicyclic) bond motifs is 6. The highest BCUT2D eigenvalue weighted by Crippen LogP contribution is 2.43. The normalized spacial score (nSPS) is 11.8. The molecule has 0 atom stereocenters. The summed E-state index contributed by atoms with van der Waals surface area (Å²) in [5, 5.41) is 5.38. The number of benzene rings is 6. The lowest BCUT2D eigenvalue weighted by Crippen LogP contribution is -1.99. The molecule has 190 valence electrons. The van der Waals surface area contributed by atoms with Gasteiger partial charge < -0.3 is 8.98 Å². The highest BCUT2D eigenvalue weighted by Gasteiger charge is 2.20. The van der Waals surface area contributed by atoms with E-state index in [0.29, 0.717) is 0 Å². The molecule has 0 bridgehead atoms. The van der Waals surface area contributed by atoms with Crippen LogP contribution in [0, 0.1) is 6.92 Å². The van der Waals surface area contributed by atoms with E-state index in [0.717, 1.165) is 65.9 Å². The van der Waals surface area contributed by atoms with E-state index in [2.05, 4.69) is 121 Å². The van der Waals surface area contributed by atoms with Crippen molar-refractivity contribution in [2.24, 2.45) is 0 Å². The highest BCUT2D eigenvalue weighted by atomic mass is 35.5. The lowest BCUT2D eigenvalue weighted by Gasteiger charge is -2.18. The number of aromatic nitrogens is 1. The van der Waals surface area contributed by atoms with Gasteiger partial charge in [-0.2, -0.15) is 0 Å². The summed E-state index contributed by atoms with van der Waals surface area (Å²) < 4.78 is 8.81. The first-order valence-corrected chi connectivity index (χ1v) is 13.8. The van der Waals surface area contributed by atoms with Crippen molar-refractivity contribution in [2.75, 3.05) is 0 Å². The van der Waals surface area contributed by atoms with E-state index < -0.39 is 0 Å². The Bertz CT molecular complexity index is 2250. The smallest absolute Gasteiger partial charge is 0.143 e. The third kappa shape index (κ3) is 3.43. The topological polar surface area (TPSA) is 18.1 Å². The molecule has 40 heavy (non-hydrogen) atoms. The SMILES string of the molecule is Cc1ccc(-n2c3ccccc3c3ccc(Cl)cc32)c(-c2ccccc2-c2cccc3c2oc2ccccc23)c1. The molecular weight excluding hydrogens is 510 g/mol. The van der Waals surface area contributed by atoms with Gasteiger partial charge >= 0.3 is 0 Å². The minimum absolute atomic E-state index is 0.724. The molecule has 0 saturated carbocycles. The van der Waals surface area contributed by atoms with E-state index in [1.807, 2.05) is 18.2 Å². The molecular formula is C37H24ClNO. The van der Waals surface area contributed by atoms with Gasteiger partial charge in [-0.05, 0) is 54.4 Å². The lowest BCUT2D eigenvalue weighted by molar-refractivity contribution is 0.670. The van der Waals surface area contributed by atoms with E-state index in [-0.39, 0.29) is 0 Å². The molecule has 0 aliphatic rings. The van der Waals surface area contributed by atoms with Crippen molar-refractivity contribution >= 4 is 55.3 Å². The Labute approximate surface area is 236 Å². The van der Waals surface area contributed by atoms with Gasteiger partial charge in [0.15, 0.2) is 0 Å². The quantitative estimate of drug-likeness (QED) is 0.221. The number of furan rings is 1. The minimum Gasteiger partial charge on any atom is -0.455 e. The van der Waals surface area contributed by atoms with Crippen molar-refractivity contribution < 1.29 is 4.42 Å². The molecule has 6 aromatic carbocycles. The number of nitrogens with zero attached hydrogens (tertiary/aromatic N) is 1. The van der Waals surface area contributed by atoms with Crippen LogP contribution in [0.2, 0.25) is 5.02 Å². The molecule has 8 rings (SSSR count). The standard InChI is InChI=1S/C37H24ClNO/c1-23-17-20-34(39-33-15-6-4-11-27(33)28-19-18-24(38)22-35(28)39)32(21-23)26-10-3-2-9-25(26)30-13-8-14-31-29-12-5-7-16-36(29)40-37(30)31/h2-22H,1H3. The molecule has 0 spiro atoms. The van der Waals surface area contributed by atoms with Gasteiger partial charge in [0, 0.05) is 37.7 Å². The van der Waals surface area contributed by atoms with Crippen LogP contribution in [0.25, 0.3) is 71.7 Å². The van der Waals surface area contributed by atoms with Gasteiger partial charge in [0.2, 0.25) is 0 Å². The fourth-order valence-electron chi connectivity index (χ4n) is 6.18. The van der Waals surface area contributed by atoms with Crippen molar-refractivity contribution in [3.05, 3.63) is 138 Å². The first kappa shape index (κ1) is 23.1. The molecule has 0 aliphatic carbocycles. The molecule has 3 heteroatoms. The van der Waals surface area contributed by atoms with Gasteiger partial charge in [-0.25, -0.2) is 0 Å². The Morgan fingerprint density at radius 2 is 1.20 bits per heavy atom. The van der Waals surface area contributed by atoms with Gasteiger partial charge in [0.25, 0.3) is 0 Å². The second-order valence-electron chi connectivity index (χ2n) is 10.4. The summed E-state index contributed by atoms with van der Waals surface area (Å²) in [6, 6.07) is 44.8. The summed E-state index contributed by atoms with van der Waals surface area (Å²) in [7, 11) is 0. The van der Waals surface area contributed by atoms with E-state index in [1.165, 1.54) is 16.3 Å². The number of halogens is 1. The Kier molecular flexibility index (Phi) is 5.13. The first-order valence-electron chi connectivity index (χ1n) is 13.5. The van der Waals surface area contributed by atoms with Gasteiger partial charge in [0.1, 0.15) is 11.2 Å². The van der Waals surface area contributed by atoms with Crippen molar-refractivity contribution in [1.29, 1.82) is 0 Å². The maximum absolute atomic E-state index is 6.56. The molecule has 0 aliphatic heterocycles. The number of para-hydroxylation sites is 3. The third-order valence-electron chi connectivity index (χ3n) is 7.94. The van der Waals surface area contributed by atoms with E-state index >= 15 is 0 Å². The van der Waals surface area contributed by atoms with E-state index in [9.17, 15) is 0 Å². The van der Waals surface area contributed by atoms with Crippen LogP contribution in [0.15, 0.2) is 132 Å². The van der Waals surface area contributed by atoms with Crippen molar-refractivity contribution in [2.45, 2.75) is 6.92 Å². The summed E-state index contributed by atoms with van der Waals surface area (Å²) in [6.07, 6.45) is 0. The van der Waals surface area contributed by atoms with Crippen LogP contribution < -0.4 is 0 Å². The summed E-state index contributed by atoms with van der Waals surface area (Å²) in [5.41, 5.74) is 10.9. The van der Waals surface area contributed by atoms with Crippen molar-refractivity contribution in [3.63, 3.8) is 0 Å².